The third-order valence-electron chi connectivity index (χ3n) is 2.02. The topological polar surface area (TPSA) is 77.8 Å². The highest BCUT2D eigenvalue weighted by atomic mass is 16.4. The molecule has 0 saturated heterocycles. The fourth-order valence-electron chi connectivity index (χ4n) is 1.06. The van der Waals surface area contributed by atoms with Gasteiger partial charge in [-0.05, 0) is 19.4 Å². The van der Waals surface area contributed by atoms with Crippen LogP contribution in [0.4, 0.5) is 0 Å². The van der Waals surface area contributed by atoms with Crippen molar-refractivity contribution in [2.75, 3.05) is 0 Å². The minimum absolute atomic E-state index is 0.155. The Labute approximate surface area is 101 Å². The van der Waals surface area contributed by atoms with Gasteiger partial charge in [0.15, 0.2) is 0 Å². The molecule has 0 aromatic rings. The number of hydrogen-bond acceptors (Lipinski definition) is 3. The highest BCUT2D eigenvalue weighted by molar-refractivity contribution is 5.90. The Morgan fingerprint density at radius 3 is 2.53 bits per heavy atom. The van der Waals surface area contributed by atoms with E-state index in [0.717, 1.165) is 0 Å². The van der Waals surface area contributed by atoms with Crippen molar-refractivity contribution in [2.24, 2.45) is 0 Å². The number of carboxylic acid groups (broad SMARTS) is 1. The summed E-state index contributed by atoms with van der Waals surface area (Å²) in [4.78, 5) is 10.7. The van der Waals surface area contributed by atoms with E-state index in [-0.39, 0.29) is 12.0 Å². The van der Waals surface area contributed by atoms with Crippen LogP contribution in [-0.4, -0.2) is 33.5 Å². The van der Waals surface area contributed by atoms with Crippen LogP contribution in [0.2, 0.25) is 0 Å². The quantitative estimate of drug-likeness (QED) is 0.356. The van der Waals surface area contributed by atoms with E-state index in [4.69, 9.17) is 5.11 Å². The van der Waals surface area contributed by atoms with Crippen molar-refractivity contribution < 1.29 is 20.1 Å². The molecule has 4 nitrogen and oxygen atoms in total. The van der Waals surface area contributed by atoms with Crippen LogP contribution in [0.1, 0.15) is 13.3 Å². The SMILES string of the molecule is C=CC(O)C(O)CC=CC=C(C=CC)C(=O)O. The molecule has 17 heavy (non-hydrogen) atoms. The predicted molar refractivity (Wildman–Crippen MR) is 66.5 cm³/mol. The van der Waals surface area contributed by atoms with Crippen LogP contribution in [0.3, 0.4) is 0 Å². The van der Waals surface area contributed by atoms with Crippen molar-refractivity contribution in [1.82, 2.24) is 0 Å². The summed E-state index contributed by atoms with van der Waals surface area (Å²) in [7, 11) is 0. The highest BCUT2D eigenvalue weighted by Crippen LogP contribution is 2.03. The van der Waals surface area contributed by atoms with E-state index < -0.39 is 18.2 Å². The number of hydrogen-bond donors (Lipinski definition) is 3. The van der Waals surface area contributed by atoms with E-state index >= 15 is 0 Å². The summed E-state index contributed by atoms with van der Waals surface area (Å²) in [5.41, 5.74) is 0.155. The average Bonchev–Trinajstić information content (AvgIpc) is 2.31. The minimum Gasteiger partial charge on any atom is -0.478 e. The van der Waals surface area contributed by atoms with Crippen LogP contribution in [0.15, 0.2) is 48.6 Å². The third-order valence-corrected chi connectivity index (χ3v) is 2.02. The van der Waals surface area contributed by atoms with E-state index in [0.29, 0.717) is 0 Å². The Balaban J connectivity index is 4.38. The molecule has 0 rings (SSSR count). The van der Waals surface area contributed by atoms with Crippen LogP contribution < -0.4 is 0 Å². The molecular weight excluding hydrogens is 220 g/mol. The van der Waals surface area contributed by atoms with Gasteiger partial charge in [0.05, 0.1) is 17.8 Å². The second-order valence-corrected chi connectivity index (χ2v) is 3.38. The number of aliphatic carboxylic acids is 1. The fourth-order valence-corrected chi connectivity index (χ4v) is 1.06. The van der Waals surface area contributed by atoms with Crippen molar-refractivity contribution in [3.63, 3.8) is 0 Å². The first kappa shape index (κ1) is 15.3. The zero-order valence-corrected chi connectivity index (χ0v) is 9.78. The Morgan fingerprint density at radius 1 is 1.41 bits per heavy atom. The van der Waals surface area contributed by atoms with Crippen LogP contribution in [0.25, 0.3) is 0 Å². The molecule has 0 aliphatic heterocycles. The van der Waals surface area contributed by atoms with Gasteiger partial charge in [-0.3, -0.25) is 0 Å². The molecule has 0 spiro atoms. The molecule has 4 heteroatoms. The summed E-state index contributed by atoms with van der Waals surface area (Å²) in [6, 6.07) is 0. The summed E-state index contributed by atoms with van der Waals surface area (Å²) in [5.74, 6) is -1.01. The minimum atomic E-state index is -1.01. The number of carbonyl (C=O) groups is 1. The normalized spacial score (nSPS) is 16.3. The van der Waals surface area contributed by atoms with Crippen molar-refractivity contribution in [1.29, 1.82) is 0 Å². The van der Waals surface area contributed by atoms with Crippen molar-refractivity contribution in [2.45, 2.75) is 25.6 Å². The van der Waals surface area contributed by atoms with Crippen LogP contribution in [0.5, 0.6) is 0 Å². The van der Waals surface area contributed by atoms with Gasteiger partial charge in [-0.25, -0.2) is 4.79 Å². The molecule has 3 N–H and O–H groups in total. The van der Waals surface area contributed by atoms with Gasteiger partial charge in [-0.2, -0.15) is 0 Å². The Hall–Kier alpha value is -1.65. The lowest BCUT2D eigenvalue weighted by Crippen LogP contribution is -2.22. The molecule has 0 heterocycles. The summed E-state index contributed by atoms with van der Waals surface area (Å²) in [6.07, 6.45) is 7.22. The van der Waals surface area contributed by atoms with Crippen LogP contribution in [0, 0.1) is 0 Å². The molecule has 2 unspecified atom stereocenters. The maximum atomic E-state index is 10.7. The van der Waals surface area contributed by atoms with Gasteiger partial charge in [-0.1, -0.05) is 30.4 Å². The molecule has 2 atom stereocenters. The summed E-state index contributed by atoms with van der Waals surface area (Å²) >= 11 is 0. The first-order valence-corrected chi connectivity index (χ1v) is 5.24. The molecule has 0 radical (unpaired) electrons. The molecule has 0 saturated carbocycles. The van der Waals surface area contributed by atoms with E-state index in [2.05, 4.69) is 6.58 Å². The molecule has 0 amide bonds. The third kappa shape index (κ3) is 6.50. The van der Waals surface area contributed by atoms with Gasteiger partial charge in [0.2, 0.25) is 0 Å². The molecule has 0 fully saturated rings. The highest BCUT2D eigenvalue weighted by Gasteiger charge is 2.09. The molecule has 0 bridgehead atoms. The number of allylic oxidation sites excluding steroid dienone is 3. The van der Waals surface area contributed by atoms with E-state index in [1.54, 1.807) is 19.1 Å². The van der Waals surface area contributed by atoms with Gasteiger partial charge < -0.3 is 15.3 Å². The first-order valence-electron chi connectivity index (χ1n) is 5.24. The number of carboxylic acids is 1. The molecule has 0 aromatic heterocycles. The lowest BCUT2D eigenvalue weighted by atomic mass is 10.1. The van der Waals surface area contributed by atoms with E-state index in [1.165, 1.54) is 24.3 Å². The maximum absolute atomic E-state index is 10.7. The van der Waals surface area contributed by atoms with Crippen molar-refractivity contribution in [3.05, 3.63) is 48.6 Å². The number of aliphatic hydroxyl groups is 2. The largest absolute Gasteiger partial charge is 0.478 e. The molecule has 94 valence electrons. The van der Waals surface area contributed by atoms with Gasteiger partial charge in [-0.15, -0.1) is 6.58 Å². The van der Waals surface area contributed by atoms with Crippen LogP contribution in [-0.2, 0) is 4.79 Å². The van der Waals surface area contributed by atoms with Crippen molar-refractivity contribution in [3.8, 4) is 0 Å². The zero-order valence-electron chi connectivity index (χ0n) is 9.78. The van der Waals surface area contributed by atoms with Crippen LogP contribution >= 0.6 is 0 Å². The predicted octanol–water partition coefficient (Wildman–Crippen LogP) is 1.43. The lowest BCUT2D eigenvalue weighted by molar-refractivity contribution is -0.132. The van der Waals surface area contributed by atoms with Crippen molar-refractivity contribution >= 4 is 5.97 Å². The number of rotatable bonds is 7. The van der Waals surface area contributed by atoms with E-state index in [9.17, 15) is 15.0 Å². The summed E-state index contributed by atoms with van der Waals surface area (Å²) in [5, 5.41) is 27.3. The Bertz CT molecular complexity index is 339. The second-order valence-electron chi connectivity index (χ2n) is 3.38. The second kappa shape index (κ2) is 8.50. The monoisotopic (exact) mass is 238 g/mol. The van der Waals surface area contributed by atoms with Gasteiger partial charge in [0.25, 0.3) is 0 Å². The lowest BCUT2D eigenvalue weighted by Gasteiger charge is -2.10. The molecule has 0 aliphatic carbocycles. The van der Waals surface area contributed by atoms with Gasteiger partial charge >= 0.3 is 5.97 Å². The molecule has 0 aromatic carbocycles. The first-order chi connectivity index (χ1) is 8.02. The van der Waals surface area contributed by atoms with E-state index in [1.807, 2.05) is 0 Å². The smallest absolute Gasteiger partial charge is 0.335 e. The molecular formula is C13H18O4. The van der Waals surface area contributed by atoms with Gasteiger partial charge in [0.1, 0.15) is 0 Å². The van der Waals surface area contributed by atoms with Gasteiger partial charge in [0, 0.05) is 0 Å². The summed E-state index contributed by atoms with van der Waals surface area (Å²) in [6.45, 7) is 5.08. The summed E-state index contributed by atoms with van der Waals surface area (Å²) < 4.78 is 0. The maximum Gasteiger partial charge on any atom is 0.335 e. The number of aliphatic hydroxyl groups excluding tert-OH is 2. The molecule has 0 aliphatic rings. The Kier molecular flexibility index (Phi) is 7.67. The zero-order chi connectivity index (χ0) is 13.3. The Morgan fingerprint density at radius 2 is 2.06 bits per heavy atom. The fraction of sp³-hybridized carbons (Fsp3) is 0.308. The standard InChI is InChI=1S/C13H18O4/c1-3-7-10(13(16)17)8-5-6-9-12(15)11(14)4-2/h3-8,11-12,14-15H,2,9H2,1H3,(H,16,17). The average molecular weight is 238 g/mol.